The van der Waals surface area contributed by atoms with Gasteiger partial charge in [-0.15, -0.1) is 0 Å². The lowest BCUT2D eigenvalue weighted by atomic mass is 9.80. The molecule has 2 N–H and O–H groups in total. The highest BCUT2D eigenvalue weighted by Gasteiger charge is 2.41. The lowest BCUT2D eigenvalue weighted by Crippen LogP contribution is -2.52. The number of hydrogen-bond acceptors (Lipinski definition) is 4. The molecule has 0 bridgehead atoms. The quantitative estimate of drug-likeness (QED) is 0.769. The molecular weight excluding hydrogens is 338 g/mol. The van der Waals surface area contributed by atoms with Gasteiger partial charge in [-0.2, -0.15) is 0 Å². The standard InChI is InChI=1S/C18H29N3O5/c22-15(19-13-18(16(23)24)5-10-26-11-6-18)14-4-3-9-21(12-14)17(25)20-7-1-2-8-20/h14H,1-13H2,(H,19,22)(H,23,24). The highest BCUT2D eigenvalue weighted by molar-refractivity contribution is 5.82. The third-order valence-corrected chi connectivity index (χ3v) is 5.94. The molecule has 3 rings (SSSR count). The molecule has 3 aliphatic heterocycles. The van der Waals surface area contributed by atoms with Gasteiger partial charge >= 0.3 is 12.0 Å². The van der Waals surface area contributed by atoms with Crippen LogP contribution in [0.15, 0.2) is 0 Å². The minimum absolute atomic E-state index is 0.0337. The van der Waals surface area contributed by atoms with Crippen molar-refractivity contribution in [2.45, 2.75) is 38.5 Å². The number of rotatable bonds is 4. The van der Waals surface area contributed by atoms with Gasteiger partial charge in [-0.05, 0) is 38.5 Å². The summed E-state index contributed by atoms with van der Waals surface area (Å²) in [5.41, 5.74) is -0.937. The number of aliphatic carboxylic acids is 1. The number of hydrogen-bond donors (Lipinski definition) is 2. The molecule has 146 valence electrons. The van der Waals surface area contributed by atoms with Gasteiger partial charge in [0, 0.05) is 45.9 Å². The molecule has 0 saturated carbocycles. The second kappa shape index (κ2) is 8.24. The third-order valence-electron chi connectivity index (χ3n) is 5.94. The van der Waals surface area contributed by atoms with Crippen molar-refractivity contribution in [3.63, 3.8) is 0 Å². The monoisotopic (exact) mass is 367 g/mol. The molecule has 0 aromatic rings. The molecule has 1 unspecified atom stereocenters. The summed E-state index contributed by atoms with van der Waals surface area (Å²) in [5.74, 6) is -1.28. The number of urea groups is 1. The van der Waals surface area contributed by atoms with E-state index in [1.165, 1.54) is 0 Å². The van der Waals surface area contributed by atoms with Crippen LogP contribution < -0.4 is 5.32 Å². The van der Waals surface area contributed by atoms with E-state index in [0.29, 0.717) is 39.1 Å². The van der Waals surface area contributed by atoms with Gasteiger partial charge in [0.15, 0.2) is 0 Å². The van der Waals surface area contributed by atoms with Crippen LogP contribution in [0.4, 0.5) is 4.79 Å². The van der Waals surface area contributed by atoms with Crippen molar-refractivity contribution in [3.05, 3.63) is 0 Å². The molecule has 1 atom stereocenters. The van der Waals surface area contributed by atoms with E-state index in [-0.39, 0.29) is 24.4 Å². The largest absolute Gasteiger partial charge is 0.481 e. The molecule has 8 nitrogen and oxygen atoms in total. The molecule has 3 amide bonds. The zero-order valence-electron chi connectivity index (χ0n) is 15.2. The third kappa shape index (κ3) is 4.11. The minimum atomic E-state index is -0.937. The van der Waals surface area contributed by atoms with Crippen LogP contribution in [-0.2, 0) is 14.3 Å². The Morgan fingerprint density at radius 3 is 2.35 bits per heavy atom. The fourth-order valence-electron chi connectivity index (χ4n) is 4.10. The van der Waals surface area contributed by atoms with E-state index >= 15 is 0 Å². The number of nitrogens with zero attached hydrogens (tertiary/aromatic N) is 2. The van der Waals surface area contributed by atoms with Crippen molar-refractivity contribution < 1.29 is 24.2 Å². The molecule has 0 spiro atoms. The number of carboxylic acids is 1. The van der Waals surface area contributed by atoms with Gasteiger partial charge in [0.1, 0.15) is 0 Å². The lowest BCUT2D eigenvalue weighted by Gasteiger charge is -2.36. The number of carbonyl (C=O) groups is 3. The molecule has 0 aliphatic carbocycles. The minimum Gasteiger partial charge on any atom is -0.481 e. The maximum Gasteiger partial charge on any atom is 0.320 e. The number of carbonyl (C=O) groups excluding carboxylic acids is 2. The van der Waals surface area contributed by atoms with Crippen LogP contribution in [0.5, 0.6) is 0 Å². The van der Waals surface area contributed by atoms with Crippen LogP contribution in [-0.4, -0.2) is 78.8 Å². The molecular formula is C18H29N3O5. The molecule has 0 radical (unpaired) electrons. The summed E-state index contributed by atoms with van der Waals surface area (Å²) in [6.07, 6.45) is 4.45. The summed E-state index contributed by atoms with van der Waals surface area (Å²) in [6.45, 7) is 3.65. The van der Waals surface area contributed by atoms with Gasteiger partial charge in [0.25, 0.3) is 0 Å². The Morgan fingerprint density at radius 1 is 1.04 bits per heavy atom. The summed E-state index contributed by atoms with van der Waals surface area (Å²) < 4.78 is 5.26. The number of piperidine rings is 1. The van der Waals surface area contributed by atoms with E-state index in [1.807, 2.05) is 4.90 Å². The maximum absolute atomic E-state index is 12.6. The van der Waals surface area contributed by atoms with Crippen molar-refractivity contribution in [1.82, 2.24) is 15.1 Å². The van der Waals surface area contributed by atoms with E-state index in [2.05, 4.69) is 5.32 Å². The van der Waals surface area contributed by atoms with Gasteiger partial charge < -0.3 is 25.0 Å². The lowest BCUT2D eigenvalue weighted by molar-refractivity contribution is -0.154. The SMILES string of the molecule is O=C(NCC1(C(=O)O)CCOCC1)C1CCCN(C(=O)N2CCCC2)C1. The average Bonchev–Trinajstić information content (AvgIpc) is 3.21. The molecule has 26 heavy (non-hydrogen) atoms. The van der Waals surface area contributed by atoms with Crippen LogP contribution in [0.1, 0.15) is 38.5 Å². The summed E-state index contributed by atoms with van der Waals surface area (Å²) in [7, 11) is 0. The van der Waals surface area contributed by atoms with E-state index < -0.39 is 11.4 Å². The van der Waals surface area contributed by atoms with Crippen LogP contribution in [0.25, 0.3) is 0 Å². The van der Waals surface area contributed by atoms with Crippen molar-refractivity contribution in [2.24, 2.45) is 11.3 Å². The molecule has 0 aromatic carbocycles. The van der Waals surface area contributed by atoms with Crippen LogP contribution >= 0.6 is 0 Å². The van der Waals surface area contributed by atoms with Gasteiger partial charge in [0.05, 0.1) is 11.3 Å². The van der Waals surface area contributed by atoms with Crippen molar-refractivity contribution in [3.8, 4) is 0 Å². The summed E-state index contributed by atoms with van der Waals surface area (Å²) in [6, 6.07) is 0.0337. The Labute approximate surface area is 153 Å². The van der Waals surface area contributed by atoms with E-state index in [1.54, 1.807) is 4.90 Å². The Kier molecular flexibility index (Phi) is 6.01. The zero-order chi connectivity index (χ0) is 18.6. The van der Waals surface area contributed by atoms with E-state index in [0.717, 1.165) is 38.8 Å². The number of nitrogens with one attached hydrogen (secondary N) is 1. The zero-order valence-corrected chi connectivity index (χ0v) is 15.2. The Bertz CT molecular complexity index is 541. The topological polar surface area (TPSA) is 99.2 Å². The number of ether oxygens (including phenoxy) is 1. The molecule has 3 heterocycles. The molecule has 0 aromatic heterocycles. The first-order valence-corrected chi connectivity index (χ1v) is 9.64. The fourth-order valence-corrected chi connectivity index (χ4v) is 4.10. The van der Waals surface area contributed by atoms with Gasteiger partial charge in [-0.25, -0.2) is 4.79 Å². The second-order valence-corrected chi connectivity index (χ2v) is 7.68. The Balaban J connectivity index is 1.53. The predicted molar refractivity (Wildman–Crippen MR) is 93.6 cm³/mol. The Hall–Kier alpha value is -1.83. The molecule has 8 heteroatoms. The number of amides is 3. The highest BCUT2D eigenvalue weighted by atomic mass is 16.5. The molecule has 3 fully saturated rings. The van der Waals surface area contributed by atoms with Crippen LogP contribution in [0.2, 0.25) is 0 Å². The summed E-state index contributed by atoms with van der Waals surface area (Å²) in [5, 5.41) is 12.4. The van der Waals surface area contributed by atoms with Gasteiger partial charge in [-0.1, -0.05) is 0 Å². The van der Waals surface area contributed by atoms with Crippen LogP contribution in [0, 0.1) is 11.3 Å². The van der Waals surface area contributed by atoms with Crippen LogP contribution in [0.3, 0.4) is 0 Å². The summed E-state index contributed by atoms with van der Waals surface area (Å²) in [4.78, 5) is 40.5. The van der Waals surface area contributed by atoms with E-state index in [4.69, 9.17) is 4.74 Å². The Morgan fingerprint density at radius 2 is 1.69 bits per heavy atom. The highest BCUT2D eigenvalue weighted by Crippen LogP contribution is 2.30. The van der Waals surface area contributed by atoms with Crippen molar-refractivity contribution in [1.29, 1.82) is 0 Å². The second-order valence-electron chi connectivity index (χ2n) is 7.68. The maximum atomic E-state index is 12.6. The molecule has 3 aliphatic rings. The first-order valence-electron chi connectivity index (χ1n) is 9.64. The number of carboxylic acid groups (broad SMARTS) is 1. The molecule has 3 saturated heterocycles. The normalized spacial score (nSPS) is 25.8. The van der Waals surface area contributed by atoms with E-state index in [9.17, 15) is 19.5 Å². The number of likely N-dealkylation sites (tertiary alicyclic amines) is 2. The van der Waals surface area contributed by atoms with Crippen molar-refractivity contribution in [2.75, 3.05) is 45.9 Å². The average molecular weight is 367 g/mol. The van der Waals surface area contributed by atoms with Gasteiger partial charge in [0.2, 0.25) is 5.91 Å². The first kappa shape index (κ1) is 18.9. The first-order chi connectivity index (χ1) is 12.5. The van der Waals surface area contributed by atoms with Gasteiger partial charge in [-0.3, -0.25) is 9.59 Å². The summed E-state index contributed by atoms with van der Waals surface area (Å²) >= 11 is 0. The smallest absolute Gasteiger partial charge is 0.320 e. The van der Waals surface area contributed by atoms with Crippen molar-refractivity contribution >= 4 is 17.9 Å². The predicted octanol–water partition coefficient (Wildman–Crippen LogP) is 0.912. The fraction of sp³-hybridized carbons (Fsp3) is 0.833.